The van der Waals surface area contributed by atoms with Crippen molar-refractivity contribution >= 4 is 10.0 Å². The van der Waals surface area contributed by atoms with Gasteiger partial charge in [0.2, 0.25) is 10.0 Å². The van der Waals surface area contributed by atoms with E-state index in [9.17, 15) is 8.42 Å². The molecule has 2 fully saturated rings. The molecule has 3 rings (SSSR count). The number of hydrogen-bond donors (Lipinski definition) is 0. The first-order valence-corrected chi connectivity index (χ1v) is 10.5. The average Bonchev–Trinajstić information content (AvgIpc) is 3.00. The van der Waals surface area contributed by atoms with Gasteiger partial charge in [-0.15, -0.1) is 0 Å². The van der Waals surface area contributed by atoms with Crippen molar-refractivity contribution in [2.24, 2.45) is 0 Å². The molecule has 0 atom stereocenters. The van der Waals surface area contributed by atoms with E-state index in [0.29, 0.717) is 49.3 Å². The molecule has 25 heavy (non-hydrogen) atoms. The smallest absolute Gasteiger partial charge is 0.245 e. The highest BCUT2D eigenvalue weighted by atomic mass is 32.2. The van der Waals surface area contributed by atoms with Gasteiger partial charge in [-0.2, -0.15) is 4.31 Å². The van der Waals surface area contributed by atoms with Gasteiger partial charge in [-0.05, 0) is 45.0 Å². The van der Waals surface area contributed by atoms with E-state index in [0.717, 1.165) is 13.1 Å². The molecule has 0 bridgehead atoms. The molecule has 7 heteroatoms. The average molecular weight is 368 g/mol. The van der Waals surface area contributed by atoms with Crippen LogP contribution < -0.4 is 4.74 Å². The van der Waals surface area contributed by atoms with Gasteiger partial charge in [-0.25, -0.2) is 8.42 Å². The Balaban J connectivity index is 1.81. The minimum atomic E-state index is -3.58. The number of likely N-dealkylation sites (tertiary alicyclic amines) is 1. The van der Waals surface area contributed by atoms with Crippen molar-refractivity contribution in [1.82, 2.24) is 9.21 Å². The molecule has 0 N–H and O–H groups in total. The molecular formula is C18H28N2O4S. The van der Waals surface area contributed by atoms with Crippen LogP contribution in [0.15, 0.2) is 29.2 Å². The summed E-state index contributed by atoms with van der Waals surface area (Å²) in [5.41, 5.74) is -0.692. The molecule has 0 amide bonds. The number of hydrogen-bond acceptors (Lipinski definition) is 5. The van der Waals surface area contributed by atoms with Crippen LogP contribution in [0.25, 0.3) is 0 Å². The van der Waals surface area contributed by atoms with Gasteiger partial charge in [0.25, 0.3) is 0 Å². The predicted molar refractivity (Wildman–Crippen MR) is 96.1 cm³/mol. The van der Waals surface area contributed by atoms with E-state index in [1.165, 1.54) is 0 Å². The van der Waals surface area contributed by atoms with Crippen LogP contribution in [0.1, 0.15) is 33.6 Å². The maximum absolute atomic E-state index is 13.2. The first-order valence-electron chi connectivity index (χ1n) is 9.03. The van der Waals surface area contributed by atoms with Gasteiger partial charge in [0.05, 0.1) is 18.1 Å². The molecule has 2 aliphatic heterocycles. The zero-order valence-corrected chi connectivity index (χ0v) is 16.1. The van der Waals surface area contributed by atoms with Crippen molar-refractivity contribution < 1.29 is 17.9 Å². The quantitative estimate of drug-likeness (QED) is 0.798. The predicted octanol–water partition coefficient (Wildman–Crippen LogP) is 2.31. The lowest BCUT2D eigenvalue weighted by Crippen LogP contribution is -2.55. The third kappa shape index (κ3) is 3.56. The molecule has 1 aromatic carbocycles. The summed E-state index contributed by atoms with van der Waals surface area (Å²) in [5, 5.41) is 0. The van der Waals surface area contributed by atoms with Crippen molar-refractivity contribution in [3.63, 3.8) is 0 Å². The molecule has 0 aromatic heterocycles. The van der Waals surface area contributed by atoms with E-state index in [1.807, 2.05) is 6.92 Å². The van der Waals surface area contributed by atoms with Gasteiger partial charge in [-0.3, -0.25) is 0 Å². The summed E-state index contributed by atoms with van der Waals surface area (Å²) in [7, 11) is -3.58. The largest absolute Gasteiger partial charge is 0.494 e. The molecule has 140 valence electrons. The Labute approximate surface area is 150 Å². The third-order valence-electron chi connectivity index (χ3n) is 5.15. The Morgan fingerprint density at radius 2 is 1.80 bits per heavy atom. The maximum atomic E-state index is 13.2. The molecule has 0 aliphatic carbocycles. The van der Waals surface area contributed by atoms with Crippen LogP contribution in [-0.4, -0.2) is 62.2 Å². The van der Waals surface area contributed by atoms with Crippen molar-refractivity contribution in [2.75, 3.05) is 32.8 Å². The van der Waals surface area contributed by atoms with Crippen LogP contribution in [0.5, 0.6) is 5.75 Å². The number of sulfonamides is 1. The summed E-state index contributed by atoms with van der Waals surface area (Å²) >= 11 is 0. The second kappa shape index (κ2) is 7.23. The first kappa shape index (κ1) is 18.6. The maximum Gasteiger partial charge on any atom is 0.245 e. The lowest BCUT2D eigenvalue weighted by atomic mass is 10.00. The first-order chi connectivity index (χ1) is 11.9. The molecule has 2 saturated heterocycles. The number of piperidine rings is 1. The van der Waals surface area contributed by atoms with Crippen molar-refractivity contribution in [1.29, 1.82) is 0 Å². The van der Waals surface area contributed by atoms with Gasteiger partial charge in [0, 0.05) is 38.5 Å². The van der Waals surface area contributed by atoms with Gasteiger partial charge in [0.1, 0.15) is 11.5 Å². The summed E-state index contributed by atoms with van der Waals surface area (Å²) in [4.78, 5) is 2.67. The van der Waals surface area contributed by atoms with Gasteiger partial charge in [-0.1, -0.05) is 0 Å². The standard InChI is InChI=1S/C18H28N2O4S/c1-4-23-16-5-7-17(8-6-16)25(21,22)20-13-14-24-18(20)9-11-19(12-10-18)15(2)3/h5-8,15H,4,9-14H2,1-3H3. The van der Waals surface area contributed by atoms with E-state index in [4.69, 9.17) is 9.47 Å². The molecule has 0 saturated carbocycles. The molecule has 1 aromatic rings. The summed E-state index contributed by atoms with van der Waals surface area (Å²) in [6.45, 7) is 9.37. The fourth-order valence-corrected chi connectivity index (χ4v) is 5.44. The fraction of sp³-hybridized carbons (Fsp3) is 0.667. The molecule has 2 heterocycles. The van der Waals surface area contributed by atoms with Crippen LogP contribution in [0.2, 0.25) is 0 Å². The Hall–Kier alpha value is -1.15. The van der Waals surface area contributed by atoms with Gasteiger partial charge in [0.15, 0.2) is 0 Å². The molecule has 0 unspecified atom stereocenters. The van der Waals surface area contributed by atoms with E-state index in [2.05, 4.69) is 18.7 Å². The normalized spacial score (nSPS) is 21.9. The number of ether oxygens (including phenoxy) is 2. The van der Waals surface area contributed by atoms with Crippen molar-refractivity contribution in [2.45, 2.75) is 50.3 Å². The summed E-state index contributed by atoms with van der Waals surface area (Å²) in [5.74, 6) is 0.680. The van der Waals surface area contributed by atoms with Crippen LogP contribution in [0.3, 0.4) is 0 Å². The van der Waals surface area contributed by atoms with Gasteiger partial charge >= 0.3 is 0 Å². The molecule has 6 nitrogen and oxygen atoms in total. The minimum absolute atomic E-state index is 0.298. The van der Waals surface area contributed by atoms with E-state index < -0.39 is 15.7 Å². The summed E-state index contributed by atoms with van der Waals surface area (Å²) < 4.78 is 39.3. The van der Waals surface area contributed by atoms with Crippen LogP contribution >= 0.6 is 0 Å². The zero-order valence-electron chi connectivity index (χ0n) is 15.3. The van der Waals surface area contributed by atoms with Gasteiger partial charge < -0.3 is 14.4 Å². The topological polar surface area (TPSA) is 59.1 Å². The van der Waals surface area contributed by atoms with Crippen molar-refractivity contribution in [3.05, 3.63) is 24.3 Å². The van der Waals surface area contributed by atoms with Crippen LogP contribution in [-0.2, 0) is 14.8 Å². The monoisotopic (exact) mass is 368 g/mol. The summed E-state index contributed by atoms with van der Waals surface area (Å²) in [6, 6.07) is 7.13. The van der Waals surface area contributed by atoms with E-state index in [1.54, 1.807) is 28.6 Å². The Bertz CT molecular complexity index is 680. The fourth-order valence-electron chi connectivity index (χ4n) is 3.72. The van der Waals surface area contributed by atoms with E-state index >= 15 is 0 Å². The van der Waals surface area contributed by atoms with Crippen LogP contribution in [0, 0.1) is 0 Å². The zero-order chi connectivity index (χ0) is 18.1. The Morgan fingerprint density at radius 3 is 2.36 bits per heavy atom. The second-order valence-corrected chi connectivity index (χ2v) is 8.77. The highest BCUT2D eigenvalue weighted by Gasteiger charge is 2.50. The number of benzene rings is 1. The van der Waals surface area contributed by atoms with Crippen molar-refractivity contribution in [3.8, 4) is 5.75 Å². The summed E-state index contributed by atoms with van der Waals surface area (Å²) in [6.07, 6.45) is 1.42. The second-order valence-electron chi connectivity index (χ2n) is 6.91. The van der Waals surface area contributed by atoms with Crippen LogP contribution in [0.4, 0.5) is 0 Å². The number of nitrogens with zero attached hydrogens (tertiary/aromatic N) is 2. The lowest BCUT2D eigenvalue weighted by molar-refractivity contribution is -0.0942. The minimum Gasteiger partial charge on any atom is -0.494 e. The molecular weight excluding hydrogens is 340 g/mol. The highest BCUT2D eigenvalue weighted by Crippen LogP contribution is 2.38. The lowest BCUT2D eigenvalue weighted by Gasteiger charge is -2.44. The third-order valence-corrected chi connectivity index (χ3v) is 7.12. The highest BCUT2D eigenvalue weighted by molar-refractivity contribution is 7.89. The van der Waals surface area contributed by atoms with E-state index in [-0.39, 0.29) is 0 Å². The molecule has 0 radical (unpaired) electrons. The molecule has 1 spiro atoms. The SMILES string of the molecule is CCOc1ccc(S(=O)(=O)N2CCOC23CCN(C(C)C)CC3)cc1. The Morgan fingerprint density at radius 1 is 1.16 bits per heavy atom. The molecule has 2 aliphatic rings. The Kier molecular flexibility index (Phi) is 5.39. The number of rotatable bonds is 5.